The first kappa shape index (κ1) is 28.7. The molecule has 1 atom stereocenters. The summed E-state index contributed by atoms with van der Waals surface area (Å²) < 4.78 is 19.1. The summed E-state index contributed by atoms with van der Waals surface area (Å²) in [4.78, 5) is 45.6. The largest absolute Gasteiger partial charge is 0.497 e. The Bertz CT molecular complexity index is 1260. The number of hydrogen-bond donors (Lipinski definition) is 2. The van der Waals surface area contributed by atoms with E-state index in [9.17, 15) is 18.8 Å². The Labute approximate surface area is 233 Å². The third-order valence-corrected chi connectivity index (χ3v) is 6.99. The molecule has 1 fully saturated rings. The van der Waals surface area contributed by atoms with Gasteiger partial charge in [0.15, 0.2) is 0 Å². The molecule has 0 spiro atoms. The lowest BCUT2D eigenvalue weighted by Crippen LogP contribution is -2.47. The van der Waals surface area contributed by atoms with Gasteiger partial charge in [-0.3, -0.25) is 19.3 Å². The first-order valence-electron chi connectivity index (χ1n) is 13.7. The second kappa shape index (κ2) is 14.2. The summed E-state index contributed by atoms with van der Waals surface area (Å²) >= 11 is 0. The Balaban J connectivity index is 1.58. The Kier molecular flexibility index (Phi) is 10.2. The monoisotopic (exact) mass is 546 g/mol. The van der Waals surface area contributed by atoms with Gasteiger partial charge in [-0.2, -0.15) is 0 Å². The third-order valence-electron chi connectivity index (χ3n) is 6.99. The van der Waals surface area contributed by atoms with Crippen LogP contribution in [-0.2, 0) is 14.4 Å². The maximum atomic E-state index is 13.9. The molecule has 9 heteroatoms. The zero-order valence-corrected chi connectivity index (χ0v) is 22.6. The smallest absolute Gasteiger partial charge is 0.248 e. The average Bonchev–Trinajstić information content (AvgIpc) is 2.97. The summed E-state index contributed by atoms with van der Waals surface area (Å²) in [6, 6.07) is 16.8. The summed E-state index contributed by atoms with van der Waals surface area (Å²) in [6.07, 6.45) is 6.94. The van der Waals surface area contributed by atoms with Gasteiger partial charge in [-0.05, 0) is 73.4 Å². The Hall–Kier alpha value is -4.27. The number of ether oxygens (including phenoxy) is 1. The minimum Gasteiger partial charge on any atom is -0.497 e. The van der Waals surface area contributed by atoms with Crippen molar-refractivity contribution in [2.45, 2.75) is 63.5 Å². The van der Waals surface area contributed by atoms with E-state index < -0.39 is 11.9 Å². The predicted octanol–water partition coefficient (Wildman–Crippen LogP) is 5.56. The average molecular weight is 547 g/mol. The molecule has 0 bridgehead atoms. The van der Waals surface area contributed by atoms with Gasteiger partial charge in [0.05, 0.1) is 7.11 Å². The molecule has 3 amide bonds. The van der Waals surface area contributed by atoms with Crippen molar-refractivity contribution < 1.29 is 23.5 Å². The number of nitrogens with zero attached hydrogens (tertiary/aromatic N) is 2. The topological polar surface area (TPSA) is 101 Å². The van der Waals surface area contributed by atoms with Crippen molar-refractivity contribution in [3.8, 4) is 5.75 Å². The number of halogens is 1. The molecular formula is C31H35FN4O4. The first-order valence-corrected chi connectivity index (χ1v) is 13.7. The van der Waals surface area contributed by atoms with Gasteiger partial charge in [0.2, 0.25) is 17.7 Å². The number of pyridine rings is 1. The molecule has 2 N–H and O–H groups in total. The lowest BCUT2D eigenvalue weighted by atomic mass is 9.94. The van der Waals surface area contributed by atoms with E-state index in [0.717, 1.165) is 32.1 Å². The molecular weight excluding hydrogens is 511 g/mol. The molecule has 0 saturated heterocycles. The summed E-state index contributed by atoms with van der Waals surface area (Å²) in [5, 5.41) is 5.87. The quantitative estimate of drug-likeness (QED) is 0.328. The molecule has 0 radical (unpaired) electrons. The van der Waals surface area contributed by atoms with Gasteiger partial charge in [0.1, 0.15) is 23.4 Å². The lowest BCUT2D eigenvalue weighted by Gasteiger charge is -2.33. The molecule has 4 rings (SSSR count). The van der Waals surface area contributed by atoms with Crippen molar-refractivity contribution in [1.82, 2.24) is 10.3 Å². The van der Waals surface area contributed by atoms with E-state index >= 15 is 0 Å². The number of aromatic nitrogens is 1. The Morgan fingerprint density at radius 1 is 0.975 bits per heavy atom. The standard InChI is InChI=1S/C31H35FN4O4/c1-40-26-19-13-22(14-20-26)30(31(39)34-24-8-3-2-4-9-24)36(25-17-15-23(32)16-18-25)29(38)12-7-11-28(37)35-27-10-5-6-21-33-27/h5-6,10,13-21,24,30H,2-4,7-9,11-12H2,1H3,(H,34,39)(H,33,35,37)/t30-/m1/s1. The van der Waals surface area contributed by atoms with Crippen LogP contribution in [-0.4, -0.2) is 35.9 Å². The number of rotatable bonds is 11. The number of carbonyl (C=O) groups is 3. The molecule has 40 heavy (non-hydrogen) atoms. The number of nitrogens with one attached hydrogen (secondary N) is 2. The second-order valence-electron chi connectivity index (χ2n) is 9.88. The van der Waals surface area contributed by atoms with Crippen molar-refractivity contribution in [3.63, 3.8) is 0 Å². The van der Waals surface area contributed by atoms with Gasteiger partial charge < -0.3 is 15.4 Å². The maximum Gasteiger partial charge on any atom is 0.248 e. The minimum atomic E-state index is -0.992. The Morgan fingerprint density at radius 3 is 2.35 bits per heavy atom. The highest BCUT2D eigenvalue weighted by Gasteiger charge is 2.34. The van der Waals surface area contributed by atoms with E-state index in [1.807, 2.05) is 0 Å². The highest BCUT2D eigenvalue weighted by molar-refractivity contribution is 6.01. The van der Waals surface area contributed by atoms with Crippen LogP contribution in [0.3, 0.4) is 0 Å². The van der Waals surface area contributed by atoms with Crippen molar-refractivity contribution in [2.24, 2.45) is 0 Å². The fraction of sp³-hybridized carbons (Fsp3) is 0.355. The normalized spacial score (nSPS) is 14.2. The van der Waals surface area contributed by atoms with Gasteiger partial charge in [0.25, 0.3) is 0 Å². The number of benzene rings is 2. The van der Waals surface area contributed by atoms with Crippen LogP contribution in [0.25, 0.3) is 0 Å². The molecule has 1 saturated carbocycles. The minimum absolute atomic E-state index is 0.0103. The Morgan fingerprint density at radius 2 is 1.70 bits per heavy atom. The summed E-state index contributed by atoms with van der Waals surface area (Å²) in [5.74, 6) is -0.310. The van der Waals surface area contributed by atoms with Crippen molar-refractivity contribution in [2.75, 3.05) is 17.3 Å². The van der Waals surface area contributed by atoms with Gasteiger partial charge in [-0.15, -0.1) is 0 Å². The summed E-state index contributed by atoms with van der Waals surface area (Å²) in [6.45, 7) is 0. The highest BCUT2D eigenvalue weighted by Crippen LogP contribution is 2.31. The molecule has 0 unspecified atom stereocenters. The van der Waals surface area contributed by atoms with Crippen LogP contribution in [0.5, 0.6) is 5.75 Å². The number of amides is 3. The van der Waals surface area contributed by atoms with E-state index in [2.05, 4.69) is 15.6 Å². The van der Waals surface area contributed by atoms with Crippen LogP contribution in [0, 0.1) is 5.82 Å². The van der Waals surface area contributed by atoms with Crippen LogP contribution >= 0.6 is 0 Å². The third kappa shape index (κ3) is 7.88. The summed E-state index contributed by atoms with van der Waals surface area (Å²) in [5.41, 5.74) is 0.989. The first-order chi connectivity index (χ1) is 19.4. The van der Waals surface area contributed by atoms with Crippen molar-refractivity contribution >= 4 is 29.2 Å². The maximum absolute atomic E-state index is 13.9. The fourth-order valence-corrected chi connectivity index (χ4v) is 4.93. The highest BCUT2D eigenvalue weighted by atomic mass is 19.1. The van der Waals surface area contributed by atoms with E-state index in [1.165, 1.54) is 29.2 Å². The molecule has 2 aromatic carbocycles. The second-order valence-corrected chi connectivity index (χ2v) is 9.88. The van der Waals surface area contributed by atoms with Gasteiger partial charge >= 0.3 is 0 Å². The van der Waals surface area contributed by atoms with Crippen molar-refractivity contribution in [1.29, 1.82) is 0 Å². The van der Waals surface area contributed by atoms with Crippen LogP contribution in [0.4, 0.5) is 15.9 Å². The molecule has 210 valence electrons. The molecule has 1 aliphatic carbocycles. The van der Waals surface area contributed by atoms with Gasteiger partial charge in [0, 0.05) is 30.8 Å². The van der Waals surface area contributed by atoms with Gasteiger partial charge in [-0.1, -0.05) is 37.5 Å². The summed E-state index contributed by atoms with van der Waals surface area (Å²) in [7, 11) is 1.56. The van der Waals surface area contributed by atoms with Crippen LogP contribution in [0.15, 0.2) is 72.9 Å². The van der Waals surface area contributed by atoms with E-state index in [-0.39, 0.29) is 43.0 Å². The molecule has 3 aromatic rings. The van der Waals surface area contributed by atoms with Crippen LogP contribution in [0.1, 0.15) is 63.0 Å². The van der Waals surface area contributed by atoms with E-state index in [4.69, 9.17) is 4.74 Å². The number of anilines is 2. The molecule has 8 nitrogen and oxygen atoms in total. The van der Waals surface area contributed by atoms with Crippen molar-refractivity contribution in [3.05, 3.63) is 84.3 Å². The molecule has 0 aliphatic heterocycles. The number of methoxy groups -OCH3 is 1. The fourth-order valence-electron chi connectivity index (χ4n) is 4.93. The lowest BCUT2D eigenvalue weighted by molar-refractivity contribution is -0.127. The molecule has 1 heterocycles. The molecule has 1 aromatic heterocycles. The van der Waals surface area contributed by atoms with Gasteiger partial charge in [-0.25, -0.2) is 9.37 Å². The van der Waals surface area contributed by atoms with E-state index in [0.29, 0.717) is 22.8 Å². The van der Waals surface area contributed by atoms with Crippen LogP contribution < -0.4 is 20.3 Å². The van der Waals surface area contributed by atoms with Crippen LogP contribution in [0.2, 0.25) is 0 Å². The molecule has 1 aliphatic rings. The SMILES string of the molecule is COc1ccc([C@H](C(=O)NC2CCCCC2)N(C(=O)CCCC(=O)Nc2ccccn2)c2ccc(F)cc2)cc1. The number of hydrogen-bond acceptors (Lipinski definition) is 5. The van der Waals surface area contributed by atoms with E-state index in [1.54, 1.807) is 55.8 Å². The number of carbonyl (C=O) groups excluding carboxylic acids is 3. The zero-order valence-electron chi connectivity index (χ0n) is 22.6. The zero-order chi connectivity index (χ0) is 28.3. The predicted molar refractivity (Wildman–Crippen MR) is 151 cm³/mol.